The van der Waals surface area contributed by atoms with E-state index in [1.807, 2.05) is 30.3 Å². The van der Waals surface area contributed by atoms with E-state index >= 15 is 0 Å². The van der Waals surface area contributed by atoms with E-state index in [-0.39, 0.29) is 24.4 Å². The number of hydrogen-bond acceptors (Lipinski definition) is 4. The second kappa shape index (κ2) is 7.56. The summed E-state index contributed by atoms with van der Waals surface area (Å²) in [6, 6.07) is 8.43. The maximum Gasteiger partial charge on any atom is 0.320 e. The Morgan fingerprint density at radius 2 is 1.78 bits per heavy atom. The molecule has 1 aromatic carbocycles. The molecule has 0 radical (unpaired) electrons. The van der Waals surface area contributed by atoms with E-state index in [2.05, 4.69) is 5.32 Å². The standard InChI is InChI=1S/C19H24N4O4/c24-17-16-13-22(19(26)21-8-10-27-11-9-21)6-7-23(16)18(25)15(20-17)12-14-4-2-1-3-5-14/h1-5,15-16H,6-13H2,(H,20,24). The van der Waals surface area contributed by atoms with Crippen molar-refractivity contribution in [3.8, 4) is 0 Å². The molecule has 4 rings (SSSR count). The van der Waals surface area contributed by atoms with Gasteiger partial charge in [0.15, 0.2) is 0 Å². The third-order valence-electron chi connectivity index (χ3n) is 5.42. The Kier molecular flexibility index (Phi) is 4.98. The average Bonchev–Trinajstić information content (AvgIpc) is 2.72. The van der Waals surface area contributed by atoms with E-state index in [0.717, 1.165) is 5.56 Å². The fourth-order valence-electron chi connectivity index (χ4n) is 3.92. The predicted octanol–water partition coefficient (Wildman–Crippen LogP) is -0.307. The van der Waals surface area contributed by atoms with Gasteiger partial charge in [-0.1, -0.05) is 30.3 Å². The smallest absolute Gasteiger partial charge is 0.320 e. The maximum atomic E-state index is 12.9. The van der Waals surface area contributed by atoms with Crippen LogP contribution in [0.1, 0.15) is 5.56 Å². The molecular formula is C19H24N4O4. The molecule has 0 aromatic heterocycles. The van der Waals surface area contributed by atoms with Crippen molar-refractivity contribution >= 4 is 17.8 Å². The van der Waals surface area contributed by atoms with Gasteiger partial charge in [0.05, 0.1) is 19.8 Å². The first kappa shape index (κ1) is 17.8. The second-order valence-corrected chi connectivity index (χ2v) is 7.13. The molecule has 8 heteroatoms. The van der Waals surface area contributed by atoms with Crippen molar-refractivity contribution in [2.75, 3.05) is 45.9 Å². The number of carbonyl (C=O) groups is 3. The van der Waals surface area contributed by atoms with Gasteiger partial charge in [-0.15, -0.1) is 0 Å². The first-order chi connectivity index (χ1) is 13.1. The van der Waals surface area contributed by atoms with E-state index < -0.39 is 12.1 Å². The number of nitrogens with one attached hydrogen (secondary N) is 1. The number of piperazine rings is 2. The van der Waals surface area contributed by atoms with Crippen LogP contribution in [0.4, 0.5) is 4.79 Å². The van der Waals surface area contributed by atoms with Crippen molar-refractivity contribution in [1.82, 2.24) is 20.0 Å². The molecule has 3 aliphatic rings. The Morgan fingerprint density at radius 3 is 2.52 bits per heavy atom. The van der Waals surface area contributed by atoms with Gasteiger partial charge >= 0.3 is 6.03 Å². The van der Waals surface area contributed by atoms with E-state index in [4.69, 9.17) is 4.74 Å². The third kappa shape index (κ3) is 3.62. The summed E-state index contributed by atoms with van der Waals surface area (Å²) in [4.78, 5) is 43.3. The largest absolute Gasteiger partial charge is 0.378 e. The summed E-state index contributed by atoms with van der Waals surface area (Å²) in [5.41, 5.74) is 1.01. The Balaban J connectivity index is 1.41. The fraction of sp³-hybridized carbons (Fsp3) is 0.526. The molecule has 3 heterocycles. The average molecular weight is 372 g/mol. The van der Waals surface area contributed by atoms with Gasteiger partial charge in [-0.05, 0) is 5.56 Å². The van der Waals surface area contributed by atoms with Crippen LogP contribution in [0.2, 0.25) is 0 Å². The number of amides is 4. The summed E-state index contributed by atoms with van der Waals surface area (Å²) in [7, 11) is 0. The molecule has 0 bridgehead atoms. The molecule has 3 fully saturated rings. The van der Waals surface area contributed by atoms with Gasteiger partial charge in [0, 0.05) is 32.6 Å². The van der Waals surface area contributed by atoms with Crippen LogP contribution in [0.5, 0.6) is 0 Å². The Hall–Kier alpha value is -2.61. The van der Waals surface area contributed by atoms with Gasteiger partial charge in [0.1, 0.15) is 12.1 Å². The van der Waals surface area contributed by atoms with Crippen molar-refractivity contribution in [1.29, 1.82) is 0 Å². The van der Waals surface area contributed by atoms with Crippen LogP contribution in [-0.4, -0.2) is 90.6 Å². The van der Waals surface area contributed by atoms with Gasteiger partial charge < -0.3 is 24.8 Å². The van der Waals surface area contributed by atoms with Crippen molar-refractivity contribution < 1.29 is 19.1 Å². The lowest BCUT2D eigenvalue weighted by Crippen LogP contribution is -2.70. The molecule has 1 N–H and O–H groups in total. The maximum absolute atomic E-state index is 12.9. The summed E-state index contributed by atoms with van der Waals surface area (Å²) in [6.07, 6.45) is 0.477. The Bertz CT molecular complexity index is 720. The third-order valence-corrected chi connectivity index (χ3v) is 5.42. The van der Waals surface area contributed by atoms with Gasteiger partial charge in [-0.3, -0.25) is 9.59 Å². The molecule has 2 unspecified atom stereocenters. The molecule has 8 nitrogen and oxygen atoms in total. The van der Waals surface area contributed by atoms with Crippen molar-refractivity contribution in [3.63, 3.8) is 0 Å². The Labute approximate surface area is 158 Å². The second-order valence-electron chi connectivity index (χ2n) is 7.13. The van der Waals surface area contributed by atoms with Crippen LogP contribution in [-0.2, 0) is 20.7 Å². The molecule has 0 spiro atoms. The highest BCUT2D eigenvalue weighted by Gasteiger charge is 2.44. The molecule has 27 heavy (non-hydrogen) atoms. The van der Waals surface area contributed by atoms with Crippen LogP contribution in [0.25, 0.3) is 0 Å². The fourth-order valence-corrected chi connectivity index (χ4v) is 3.92. The van der Waals surface area contributed by atoms with E-state index in [1.165, 1.54) is 0 Å². The minimum Gasteiger partial charge on any atom is -0.378 e. The molecule has 4 amide bonds. The summed E-state index contributed by atoms with van der Waals surface area (Å²) < 4.78 is 5.29. The molecule has 144 valence electrons. The zero-order chi connectivity index (χ0) is 18.8. The molecule has 2 atom stereocenters. The summed E-state index contributed by atoms with van der Waals surface area (Å²) in [6.45, 7) is 3.28. The highest BCUT2D eigenvalue weighted by Crippen LogP contribution is 2.19. The van der Waals surface area contributed by atoms with Crippen molar-refractivity contribution in [2.24, 2.45) is 0 Å². The number of hydrogen-bond donors (Lipinski definition) is 1. The predicted molar refractivity (Wildman–Crippen MR) is 96.9 cm³/mol. The van der Waals surface area contributed by atoms with E-state index in [1.54, 1.807) is 14.7 Å². The van der Waals surface area contributed by atoms with Crippen LogP contribution in [0.3, 0.4) is 0 Å². The molecule has 1 aromatic rings. The zero-order valence-electron chi connectivity index (χ0n) is 15.2. The molecule has 0 saturated carbocycles. The summed E-state index contributed by atoms with van der Waals surface area (Å²) in [5, 5.41) is 2.85. The number of morpholine rings is 1. The van der Waals surface area contributed by atoms with Gasteiger partial charge in [-0.25, -0.2) is 4.79 Å². The first-order valence-corrected chi connectivity index (χ1v) is 9.40. The minimum absolute atomic E-state index is 0.0677. The highest BCUT2D eigenvalue weighted by atomic mass is 16.5. The zero-order valence-corrected chi connectivity index (χ0v) is 15.2. The number of rotatable bonds is 2. The quantitative estimate of drug-likeness (QED) is 0.772. The molecular weight excluding hydrogens is 348 g/mol. The lowest BCUT2D eigenvalue weighted by atomic mass is 9.99. The number of urea groups is 1. The number of ether oxygens (including phenoxy) is 1. The number of nitrogens with zero attached hydrogens (tertiary/aromatic N) is 3. The number of benzene rings is 1. The molecule has 3 saturated heterocycles. The number of fused-ring (bicyclic) bond motifs is 1. The van der Waals surface area contributed by atoms with Gasteiger partial charge in [0.25, 0.3) is 0 Å². The molecule has 0 aliphatic carbocycles. The van der Waals surface area contributed by atoms with Crippen molar-refractivity contribution in [3.05, 3.63) is 35.9 Å². The normalized spacial score (nSPS) is 25.9. The number of carbonyl (C=O) groups excluding carboxylic acids is 3. The Morgan fingerprint density at radius 1 is 1.04 bits per heavy atom. The van der Waals surface area contributed by atoms with Crippen LogP contribution < -0.4 is 5.32 Å². The highest BCUT2D eigenvalue weighted by molar-refractivity contribution is 5.97. The lowest BCUT2D eigenvalue weighted by Gasteiger charge is -2.46. The summed E-state index contributed by atoms with van der Waals surface area (Å²) in [5.74, 6) is -0.253. The van der Waals surface area contributed by atoms with Crippen LogP contribution in [0, 0.1) is 0 Å². The minimum atomic E-state index is -0.608. The molecule has 3 aliphatic heterocycles. The van der Waals surface area contributed by atoms with E-state index in [0.29, 0.717) is 45.8 Å². The van der Waals surface area contributed by atoms with Crippen LogP contribution >= 0.6 is 0 Å². The van der Waals surface area contributed by atoms with E-state index in [9.17, 15) is 14.4 Å². The lowest BCUT2D eigenvalue weighted by molar-refractivity contribution is -0.152. The summed E-state index contributed by atoms with van der Waals surface area (Å²) >= 11 is 0. The topological polar surface area (TPSA) is 82.2 Å². The van der Waals surface area contributed by atoms with Crippen LogP contribution in [0.15, 0.2) is 30.3 Å². The monoisotopic (exact) mass is 372 g/mol. The first-order valence-electron chi connectivity index (χ1n) is 9.40. The van der Waals surface area contributed by atoms with Gasteiger partial charge in [-0.2, -0.15) is 0 Å². The SMILES string of the molecule is O=C1NC(Cc2ccccc2)C(=O)N2CCN(C(=O)N3CCOCC3)CC12. The van der Waals surface area contributed by atoms with Crippen molar-refractivity contribution in [2.45, 2.75) is 18.5 Å². The van der Waals surface area contributed by atoms with Gasteiger partial charge in [0.2, 0.25) is 11.8 Å².